The lowest BCUT2D eigenvalue weighted by Gasteiger charge is -2.14. The van der Waals surface area contributed by atoms with Crippen molar-refractivity contribution in [2.45, 2.75) is 26.2 Å². The highest BCUT2D eigenvalue weighted by molar-refractivity contribution is 5.37. The lowest BCUT2D eigenvalue weighted by molar-refractivity contribution is 0.0808. The molecule has 5 heteroatoms. The number of hydrogen-bond donors (Lipinski definition) is 0. The van der Waals surface area contributed by atoms with Gasteiger partial charge in [-0.2, -0.15) is 0 Å². The van der Waals surface area contributed by atoms with Crippen molar-refractivity contribution in [3.05, 3.63) is 29.3 Å². The van der Waals surface area contributed by atoms with E-state index in [0.717, 1.165) is 6.07 Å². The lowest BCUT2D eigenvalue weighted by atomic mass is 10.0. The van der Waals surface area contributed by atoms with Crippen LogP contribution in [0.25, 0.3) is 0 Å². The normalized spacial score (nSPS) is 11.2. The SMILES string of the molecule is CC(C)c1c(F)cc(F)cc1OCC(F)F. The van der Waals surface area contributed by atoms with E-state index in [1.807, 2.05) is 0 Å². The Bertz CT molecular complexity index is 363. The number of benzene rings is 1. The van der Waals surface area contributed by atoms with Crippen LogP contribution < -0.4 is 4.74 Å². The van der Waals surface area contributed by atoms with Crippen molar-refractivity contribution in [1.29, 1.82) is 0 Å². The van der Waals surface area contributed by atoms with E-state index in [-0.39, 0.29) is 17.2 Å². The third-order valence-electron chi connectivity index (χ3n) is 2.00. The number of hydrogen-bond acceptors (Lipinski definition) is 1. The second-order valence-corrected chi connectivity index (χ2v) is 3.66. The molecule has 0 atom stereocenters. The zero-order valence-electron chi connectivity index (χ0n) is 8.94. The summed E-state index contributed by atoms with van der Waals surface area (Å²) >= 11 is 0. The van der Waals surface area contributed by atoms with Gasteiger partial charge < -0.3 is 4.74 Å². The quantitative estimate of drug-likeness (QED) is 0.724. The standard InChI is InChI=1S/C11H12F4O/c1-6(2)11-8(13)3-7(12)4-9(11)16-5-10(14)15/h3-4,6,10H,5H2,1-2H3. The third kappa shape index (κ3) is 3.12. The maximum absolute atomic E-state index is 13.4. The number of halogens is 4. The molecular weight excluding hydrogens is 224 g/mol. The van der Waals surface area contributed by atoms with Crippen molar-refractivity contribution in [3.63, 3.8) is 0 Å². The van der Waals surface area contributed by atoms with Gasteiger partial charge in [-0.15, -0.1) is 0 Å². The summed E-state index contributed by atoms with van der Waals surface area (Å²) in [6.45, 7) is 2.47. The van der Waals surface area contributed by atoms with Crippen molar-refractivity contribution in [3.8, 4) is 5.75 Å². The summed E-state index contributed by atoms with van der Waals surface area (Å²) < 4.78 is 54.8. The first-order chi connectivity index (χ1) is 7.41. The molecule has 0 heterocycles. The average Bonchev–Trinajstić information content (AvgIpc) is 2.12. The van der Waals surface area contributed by atoms with Gasteiger partial charge in [0.2, 0.25) is 0 Å². The molecule has 16 heavy (non-hydrogen) atoms. The van der Waals surface area contributed by atoms with Crippen molar-refractivity contribution in [1.82, 2.24) is 0 Å². The highest BCUT2D eigenvalue weighted by atomic mass is 19.3. The molecule has 0 spiro atoms. The molecular formula is C11H12F4O. The summed E-state index contributed by atoms with van der Waals surface area (Å²) in [6, 6.07) is 1.63. The fourth-order valence-corrected chi connectivity index (χ4v) is 1.39. The molecule has 0 bridgehead atoms. The van der Waals surface area contributed by atoms with Gasteiger partial charge in [0.15, 0.2) is 0 Å². The van der Waals surface area contributed by atoms with E-state index < -0.39 is 24.7 Å². The van der Waals surface area contributed by atoms with E-state index in [9.17, 15) is 17.6 Å². The van der Waals surface area contributed by atoms with Gasteiger partial charge in [-0.25, -0.2) is 17.6 Å². The average molecular weight is 236 g/mol. The number of rotatable bonds is 4. The summed E-state index contributed by atoms with van der Waals surface area (Å²) in [5.41, 5.74) is 0.113. The Kier molecular flexibility index (Phi) is 4.15. The van der Waals surface area contributed by atoms with E-state index >= 15 is 0 Å². The molecule has 0 saturated carbocycles. The zero-order valence-corrected chi connectivity index (χ0v) is 8.94. The summed E-state index contributed by atoms with van der Waals surface area (Å²) in [5, 5.41) is 0. The minimum Gasteiger partial charge on any atom is -0.487 e. The van der Waals surface area contributed by atoms with Crippen molar-refractivity contribution >= 4 is 0 Å². The molecule has 0 aliphatic carbocycles. The molecule has 1 nitrogen and oxygen atoms in total. The molecule has 0 radical (unpaired) electrons. The van der Waals surface area contributed by atoms with Crippen LogP contribution in [0.2, 0.25) is 0 Å². The van der Waals surface area contributed by atoms with Crippen molar-refractivity contribution in [2.24, 2.45) is 0 Å². The first-order valence-corrected chi connectivity index (χ1v) is 4.81. The predicted octanol–water partition coefficient (Wildman–Crippen LogP) is 3.73. The smallest absolute Gasteiger partial charge is 0.272 e. The van der Waals surface area contributed by atoms with Crippen molar-refractivity contribution < 1.29 is 22.3 Å². The van der Waals surface area contributed by atoms with Crippen LogP contribution in [0.1, 0.15) is 25.3 Å². The minimum atomic E-state index is -2.67. The van der Waals surface area contributed by atoms with E-state index in [1.54, 1.807) is 13.8 Å². The summed E-state index contributed by atoms with van der Waals surface area (Å²) in [5.74, 6) is -2.05. The Balaban J connectivity index is 3.04. The molecule has 0 fully saturated rings. The van der Waals surface area contributed by atoms with E-state index in [2.05, 4.69) is 0 Å². The van der Waals surface area contributed by atoms with Gasteiger partial charge >= 0.3 is 0 Å². The topological polar surface area (TPSA) is 9.23 Å². The third-order valence-corrected chi connectivity index (χ3v) is 2.00. The van der Waals surface area contributed by atoms with Crippen LogP contribution in [0.15, 0.2) is 12.1 Å². The Morgan fingerprint density at radius 1 is 1.19 bits per heavy atom. The highest BCUT2D eigenvalue weighted by Gasteiger charge is 2.16. The molecule has 0 aliphatic rings. The van der Waals surface area contributed by atoms with Gasteiger partial charge in [0.1, 0.15) is 24.0 Å². The zero-order chi connectivity index (χ0) is 12.3. The van der Waals surface area contributed by atoms with Crippen LogP contribution in [0, 0.1) is 11.6 Å². The van der Waals surface area contributed by atoms with Gasteiger partial charge in [0.25, 0.3) is 6.43 Å². The fourth-order valence-electron chi connectivity index (χ4n) is 1.39. The summed E-state index contributed by atoms with van der Waals surface area (Å²) in [7, 11) is 0. The highest BCUT2D eigenvalue weighted by Crippen LogP contribution is 2.30. The van der Waals surface area contributed by atoms with Gasteiger partial charge in [-0.05, 0) is 5.92 Å². The molecule has 0 amide bonds. The maximum atomic E-state index is 13.4. The van der Waals surface area contributed by atoms with Gasteiger partial charge in [0.05, 0.1) is 0 Å². The molecule has 90 valence electrons. The summed E-state index contributed by atoms with van der Waals surface area (Å²) in [6.07, 6.45) is -2.67. The Labute approximate surface area is 91.0 Å². The first kappa shape index (κ1) is 12.8. The Morgan fingerprint density at radius 2 is 1.81 bits per heavy atom. The maximum Gasteiger partial charge on any atom is 0.272 e. The first-order valence-electron chi connectivity index (χ1n) is 4.81. The van der Waals surface area contributed by atoms with Crippen LogP contribution >= 0.6 is 0 Å². The minimum absolute atomic E-state index is 0.113. The van der Waals surface area contributed by atoms with Crippen LogP contribution in [0.3, 0.4) is 0 Å². The largest absolute Gasteiger partial charge is 0.487 e. The van der Waals surface area contributed by atoms with Crippen LogP contribution in [-0.4, -0.2) is 13.0 Å². The Morgan fingerprint density at radius 3 is 2.31 bits per heavy atom. The fraction of sp³-hybridized carbons (Fsp3) is 0.455. The molecule has 1 rings (SSSR count). The second-order valence-electron chi connectivity index (χ2n) is 3.66. The lowest BCUT2D eigenvalue weighted by Crippen LogP contribution is -2.10. The van der Waals surface area contributed by atoms with E-state index in [4.69, 9.17) is 4.74 Å². The molecule has 0 saturated heterocycles. The predicted molar refractivity (Wildman–Crippen MR) is 51.9 cm³/mol. The molecule has 0 aromatic heterocycles. The van der Waals surface area contributed by atoms with Crippen LogP contribution in [-0.2, 0) is 0 Å². The monoisotopic (exact) mass is 236 g/mol. The second kappa shape index (κ2) is 5.18. The molecule has 0 N–H and O–H groups in total. The van der Waals surface area contributed by atoms with Gasteiger partial charge in [-0.1, -0.05) is 13.8 Å². The van der Waals surface area contributed by atoms with E-state index in [1.165, 1.54) is 0 Å². The molecule has 1 aromatic carbocycles. The molecule has 0 unspecified atom stereocenters. The Hall–Kier alpha value is -1.26. The van der Waals surface area contributed by atoms with Gasteiger partial charge in [0, 0.05) is 17.7 Å². The van der Waals surface area contributed by atoms with E-state index in [0.29, 0.717) is 6.07 Å². The van der Waals surface area contributed by atoms with Crippen LogP contribution in [0.5, 0.6) is 5.75 Å². The summed E-state index contributed by atoms with van der Waals surface area (Å²) in [4.78, 5) is 0. The number of ether oxygens (including phenoxy) is 1. The molecule has 1 aromatic rings. The van der Waals surface area contributed by atoms with Gasteiger partial charge in [-0.3, -0.25) is 0 Å². The van der Waals surface area contributed by atoms with Crippen molar-refractivity contribution in [2.75, 3.05) is 6.61 Å². The molecule has 0 aliphatic heterocycles. The number of alkyl halides is 2. The van der Waals surface area contributed by atoms with Crippen LogP contribution in [0.4, 0.5) is 17.6 Å².